The molecule has 1 heterocycles. The Morgan fingerprint density at radius 3 is 2.09 bits per heavy atom. The number of non-ortho nitro benzene ring substituents is 1. The Bertz CT molecular complexity index is 1220. The van der Waals surface area contributed by atoms with Crippen molar-refractivity contribution < 1.29 is 32.5 Å². The third-order valence-electron chi connectivity index (χ3n) is 3.99. The van der Waals surface area contributed by atoms with E-state index in [1.807, 2.05) is 0 Å². The number of hydrogen-bond acceptors (Lipinski definition) is 10. The molecule has 1 amide bonds. The Kier molecular flexibility index (Phi) is 6.70. The second-order valence-electron chi connectivity index (χ2n) is 6.26. The fraction of sp³-hybridized carbons (Fsp3) is 0.0556. The number of rotatable bonds is 8. The number of benzene rings is 2. The van der Waals surface area contributed by atoms with Crippen LogP contribution in [-0.4, -0.2) is 32.1 Å². The summed E-state index contributed by atoms with van der Waals surface area (Å²) in [4.78, 5) is 40.5. The number of aromatic nitrogens is 2. The number of amides is 1. The quantitative estimate of drug-likeness (QED) is 0.319. The van der Waals surface area contributed by atoms with Crippen molar-refractivity contribution >= 4 is 34.6 Å². The van der Waals surface area contributed by atoms with Crippen molar-refractivity contribution in [1.82, 2.24) is 15.4 Å². The van der Waals surface area contributed by atoms with E-state index in [-0.39, 0.29) is 22.8 Å². The zero-order valence-electron chi connectivity index (χ0n) is 16.6. The van der Waals surface area contributed by atoms with Gasteiger partial charge in [0.15, 0.2) is 0 Å². The molecule has 0 saturated heterocycles. The van der Waals surface area contributed by atoms with E-state index in [2.05, 4.69) is 30.9 Å². The molecule has 0 saturated carbocycles. The highest BCUT2D eigenvalue weighted by Gasteiger charge is 2.31. The van der Waals surface area contributed by atoms with E-state index in [1.54, 1.807) is 0 Å². The van der Waals surface area contributed by atoms with Crippen LogP contribution in [0.15, 0.2) is 54.9 Å². The van der Waals surface area contributed by atoms with Crippen LogP contribution in [0.2, 0.25) is 0 Å². The molecule has 3 rings (SSSR count). The first kappa shape index (κ1) is 23.6. The molecule has 176 valence electrons. The number of nitrogens with one attached hydrogen (secondary N) is 3. The highest BCUT2D eigenvalue weighted by molar-refractivity contribution is 5.95. The van der Waals surface area contributed by atoms with E-state index in [1.165, 1.54) is 24.3 Å². The van der Waals surface area contributed by atoms with Crippen LogP contribution in [0, 0.1) is 20.2 Å². The molecule has 16 heteroatoms. The summed E-state index contributed by atoms with van der Waals surface area (Å²) in [6.45, 7) is 0. The molecular weight excluding hydrogens is 467 g/mol. The van der Waals surface area contributed by atoms with Crippen LogP contribution in [-0.2, 0) is 0 Å². The highest BCUT2D eigenvalue weighted by Crippen LogP contribution is 2.31. The minimum atomic E-state index is -4.88. The number of halogens is 3. The van der Waals surface area contributed by atoms with E-state index < -0.39 is 39.4 Å². The lowest BCUT2D eigenvalue weighted by atomic mass is 10.2. The number of carbonyl (C=O) groups is 1. The number of nitrogens with zero attached hydrogens (tertiary/aromatic N) is 4. The lowest BCUT2D eigenvalue weighted by Gasteiger charge is -2.12. The highest BCUT2D eigenvalue weighted by atomic mass is 19.4. The molecule has 3 N–H and O–H groups in total. The molecule has 0 unspecified atom stereocenters. The second-order valence-corrected chi connectivity index (χ2v) is 6.26. The number of alkyl halides is 3. The fourth-order valence-corrected chi connectivity index (χ4v) is 2.53. The molecule has 0 fully saturated rings. The number of hydrazine groups is 1. The molecule has 0 radical (unpaired) electrons. The van der Waals surface area contributed by atoms with Gasteiger partial charge in [0.2, 0.25) is 11.6 Å². The average molecular weight is 479 g/mol. The van der Waals surface area contributed by atoms with E-state index in [9.17, 15) is 38.2 Å². The van der Waals surface area contributed by atoms with E-state index in [4.69, 9.17) is 0 Å². The maximum absolute atomic E-state index is 12.3. The molecule has 0 atom stereocenters. The largest absolute Gasteiger partial charge is 0.573 e. The van der Waals surface area contributed by atoms with E-state index in [0.29, 0.717) is 0 Å². The SMILES string of the molecule is O=C(NNc1ncnc(Nc2ccc(OC(F)(F)F)cc2)c1[N+](=O)[O-])c1ccc([N+](=O)[O-])cc1. The van der Waals surface area contributed by atoms with Gasteiger partial charge in [0, 0.05) is 23.4 Å². The van der Waals surface area contributed by atoms with Crippen molar-refractivity contribution in [2.75, 3.05) is 10.7 Å². The minimum absolute atomic E-state index is 0.0225. The lowest BCUT2D eigenvalue weighted by Crippen LogP contribution is -2.30. The number of hydrogen-bond donors (Lipinski definition) is 3. The van der Waals surface area contributed by atoms with Crippen LogP contribution in [0.1, 0.15) is 10.4 Å². The normalized spacial score (nSPS) is 10.8. The topological polar surface area (TPSA) is 174 Å². The summed E-state index contributed by atoms with van der Waals surface area (Å²) in [7, 11) is 0. The van der Waals surface area contributed by atoms with Crippen molar-refractivity contribution in [2.45, 2.75) is 6.36 Å². The van der Waals surface area contributed by atoms with Crippen molar-refractivity contribution in [3.05, 3.63) is 80.7 Å². The monoisotopic (exact) mass is 479 g/mol. The van der Waals surface area contributed by atoms with Crippen molar-refractivity contribution in [3.63, 3.8) is 0 Å². The Morgan fingerprint density at radius 1 is 0.912 bits per heavy atom. The predicted octanol–water partition coefficient (Wildman–Crippen LogP) is 3.69. The van der Waals surface area contributed by atoms with Gasteiger partial charge >= 0.3 is 12.0 Å². The van der Waals surface area contributed by atoms with Crippen LogP contribution in [0.4, 0.5) is 41.9 Å². The summed E-state index contributed by atoms with van der Waals surface area (Å²) >= 11 is 0. The molecule has 34 heavy (non-hydrogen) atoms. The molecular formula is C18H12F3N7O6. The Hall–Kier alpha value is -5.02. The van der Waals surface area contributed by atoms with Crippen molar-refractivity contribution in [1.29, 1.82) is 0 Å². The zero-order valence-corrected chi connectivity index (χ0v) is 16.6. The summed E-state index contributed by atoms with van der Waals surface area (Å²) < 4.78 is 40.6. The number of nitro groups is 2. The maximum Gasteiger partial charge on any atom is 0.573 e. The molecule has 3 aromatic rings. The standard InChI is InChI=1S/C18H12F3N7O6/c19-18(20,21)34-13-7-3-11(4-8-13)24-15-14(28(32)33)16(23-9-22-15)25-26-17(29)10-1-5-12(6-2-10)27(30)31/h1-9H,(H,26,29)(H2,22,23,24,25). The third-order valence-corrected chi connectivity index (χ3v) is 3.99. The molecule has 0 bridgehead atoms. The van der Waals surface area contributed by atoms with Gasteiger partial charge in [-0.1, -0.05) is 0 Å². The number of ether oxygens (including phenoxy) is 1. The van der Waals surface area contributed by atoms with E-state index in [0.717, 1.165) is 30.6 Å². The van der Waals surface area contributed by atoms with Gasteiger partial charge in [-0.3, -0.25) is 35.9 Å². The van der Waals surface area contributed by atoms with Gasteiger partial charge < -0.3 is 10.1 Å². The molecule has 0 aliphatic carbocycles. The van der Waals surface area contributed by atoms with Gasteiger partial charge in [-0.2, -0.15) is 0 Å². The summed E-state index contributed by atoms with van der Waals surface area (Å²) in [5.74, 6) is -1.99. The summed E-state index contributed by atoms with van der Waals surface area (Å²) in [5.41, 5.74) is 3.72. The van der Waals surface area contributed by atoms with Crippen molar-refractivity contribution in [2.24, 2.45) is 0 Å². The molecule has 1 aromatic heterocycles. The van der Waals surface area contributed by atoms with Gasteiger partial charge in [-0.15, -0.1) is 13.2 Å². The van der Waals surface area contributed by atoms with E-state index >= 15 is 0 Å². The Balaban J connectivity index is 1.75. The third kappa shape index (κ3) is 6.02. The molecule has 0 spiro atoms. The minimum Gasteiger partial charge on any atom is -0.406 e. The van der Waals surface area contributed by atoms with Crippen LogP contribution in [0.25, 0.3) is 0 Å². The second kappa shape index (κ2) is 9.63. The molecule has 13 nitrogen and oxygen atoms in total. The van der Waals surface area contributed by atoms with Gasteiger partial charge in [-0.05, 0) is 36.4 Å². The first-order valence-electron chi connectivity index (χ1n) is 8.96. The van der Waals surface area contributed by atoms with Crippen LogP contribution >= 0.6 is 0 Å². The Labute approximate surface area is 186 Å². The predicted molar refractivity (Wildman–Crippen MR) is 109 cm³/mol. The smallest absolute Gasteiger partial charge is 0.406 e. The van der Waals surface area contributed by atoms with Crippen LogP contribution in [0.3, 0.4) is 0 Å². The fourth-order valence-electron chi connectivity index (χ4n) is 2.53. The molecule has 0 aliphatic heterocycles. The maximum atomic E-state index is 12.3. The summed E-state index contributed by atoms with van der Waals surface area (Å²) in [5, 5.41) is 24.8. The average Bonchev–Trinajstić information content (AvgIpc) is 2.77. The van der Waals surface area contributed by atoms with Gasteiger partial charge in [0.25, 0.3) is 11.6 Å². The number of nitro benzene ring substituents is 1. The molecule has 0 aliphatic rings. The zero-order chi connectivity index (χ0) is 24.9. The summed E-state index contributed by atoms with van der Waals surface area (Å²) in [6, 6.07) is 8.92. The van der Waals surface area contributed by atoms with Crippen LogP contribution < -0.4 is 20.9 Å². The van der Waals surface area contributed by atoms with Crippen LogP contribution in [0.5, 0.6) is 5.75 Å². The summed E-state index contributed by atoms with van der Waals surface area (Å²) in [6.07, 6.45) is -3.93. The van der Waals surface area contributed by atoms with Crippen molar-refractivity contribution in [3.8, 4) is 5.75 Å². The first-order valence-corrected chi connectivity index (χ1v) is 8.96. The number of carbonyl (C=O) groups excluding carboxylic acids is 1. The lowest BCUT2D eigenvalue weighted by molar-refractivity contribution is -0.384. The first-order chi connectivity index (χ1) is 16.0. The number of anilines is 3. The van der Waals surface area contributed by atoms with Gasteiger partial charge in [0.05, 0.1) is 9.85 Å². The Morgan fingerprint density at radius 2 is 1.53 bits per heavy atom. The van der Waals surface area contributed by atoms with Gasteiger partial charge in [-0.25, -0.2) is 9.97 Å². The molecule has 2 aromatic carbocycles. The van der Waals surface area contributed by atoms with Gasteiger partial charge in [0.1, 0.15) is 12.1 Å².